The van der Waals surface area contributed by atoms with Crippen LogP contribution in [0.4, 0.5) is 0 Å². The van der Waals surface area contributed by atoms with E-state index in [1.165, 1.54) is 12.3 Å². The molecule has 0 aromatic heterocycles. The molecule has 4 heteroatoms. The first-order valence-electron chi connectivity index (χ1n) is 4.02. The molecular weight excluding hydrogens is 154 g/mol. The summed E-state index contributed by atoms with van der Waals surface area (Å²) < 4.78 is 0. The summed E-state index contributed by atoms with van der Waals surface area (Å²) in [4.78, 5) is 13.0. The molecule has 1 aliphatic heterocycles. The average molecular weight is 167 g/mol. The minimum Gasteiger partial charge on any atom is -0.405 e. The van der Waals surface area contributed by atoms with Gasteiger partial charge in [-0.25, -0.2) is 0 Å². The normalized spacial score (nSPS) is 17.2. The minimum atomic E-state index is -0.214. The molecular formula is C8H13N3O. The van der Waals surface area contributed by atoms with Crippen molar-refractivity contribution >= 4 is 11.6 Å². The second-order valence-electron chi connectivity index (χ2n) is 2.77. The van der Waals surface area contributed by atoms with Gasteiger partial charge in [-0.2, -0.15) is 0 Å². The highest BCUT2D eigenvalue weighted by molar-refractivity contribution is 6.41. The maximum atomic E-state index is 11.3. The molecule has 66 valence electrons. The van der Waals surface area contributed by atoms with Gasteiger partial charge in [-0.15, -0.1) is 0 Å². The van der Waals surface area contributed by atoms with Gasteiger partial charge in [-0.05, 0) is 25.1 Å². The number of likely N-dealkylation sites (tertiary alicyclic amines) is 1. The Bertz CT molecular complexity index is 216. The molecule has 12 heavy (non-hydrogen) atoms. The van der Waals surface area contributed by atoms with Crippen LogP contribution in [-0.2, 0) is 4.79 Å². The molecule has 0 aromatic carbocycles. The van der Waals surface area contributed by atoms with Gasteiger partial charge in [0.25, 0.3) is 5.91 Å². The molecule has 1 amide bonds. The van der Waals surface area contributed by atoms with E-state index in [1.807, 2.05) is 0 Å². The van der Waals surface area contributed by atoms with Gasteiger partial charge < -0.3 is 10.6 Å². The Morgan fingerprint density at radius 2 is 2.00 bits per heavy atom. The molecule has 0 unspecified atom stereocenters. The van der Waals surface area contributed by atoms with Crippen LogP contribution in [0.5, 0.6) is 0 Å². The van der Waals surface area contributed by atoms with Crippen molar-refractivity contribution in [2.75, 3.05) is 13.1 Å². The number of amides is 1. The summed E-state index contributed by atoms with van der Waals surface area (Å²) in [7, 11) is 0. The van der Waals surface area contributed by atoms with E-state index in [0.717, 1.165) is 25.9 Å². The number of nitrogens with one attached hydrogen (secondary N) is 1. The smallest absolute Gasteiger partial charge is 0.271 e. The number of hydrogen-bond donors (Lipinski definition) is 2. The van der Waals surface area contributed by atoms with E-state index in [0.29, 0.717) is 0 Å². The minimum absolute atomic E-state index is 0.0283. The van der Waals surface area contributed by atoms with Gasteiger partial charge >= 0.3 is 0 Å². The van der Waals surface area contributed by atoms with Gasteiger partial charge in [-0.3, -0.25) is 10.2 Å². The molecule has 0 atom stereocenters. The predicted octanol–water partition coefficient (Wildman–Crippen LogP) is 0.101. The number of hydrogen-bond acceptors (Lipinski definition) is 3. The highest BCUT2D eigenvalue weighted by Gasteiger charge is 2.19. The monoisotopic (exact) mass is 167 g/mol. The quantitative estimate of drug-likeness (QED) is 0.573. The highest BCUT2D eigenvalue weighted by atomic mass is 16.2. The van der Waals surface area contributed by atoms with Gasteiger partial charge in [0.15, 0.2) is 0 Å². The van der Waals surface area contributed by atoms with Crippen LogP contribution in [0.3, 0.4) is 0 Å². The summed E-state index contributed by atoms with van der Waals surface area (Å²) in [5, 5.41) is 7.30. The van der Waals surface area contributed by atoms with E-state index >= 15 is 0 Å². The predicted molar refractivity (Wildman–Crippen MR) is 46.9 cm³/mol. The number of nitrogens with zero attached hydrogens (tertiary/aromatic N) is 1. The van der Waals surface area contributed by atoms with Crippen LogP contribution in [0.2, 0.25) is 0 Å². The van der Waals surface area contributed by atoms with E-state index in [4.69, 9.17) is 11.1 Å². The van der Waals surface area contributed by atoms with E-state index in [9.17, 15) is 4.79 Å². The molecule has 4 nitrogen and oxygen atoms in total. The molecule has 0 aliphatic carbocycles. The standard InChI is InChI=1S/C8H13N3O/c9-4-3-7(10)8(12)11-5-1-2-6-11/h3-4,10H,1-2,5-6,9H2/b4-3-,10-7?. The van der Waals surface area contributed by atoms with E-state index in [-0.39, 0.29) is 11.6 Å². The zero-order chi connectivity index (χ0) is 8.97. The Morgan fingerprint density at radius 3 is 2.50 bits per heavy atom. The maximum Gasteiger partial charge on any atom is 0.271 e. The number of carbonyl (C=O) groups excluding carboxylic acids is 1. The molecule has 0 radical (unpaired) electrons. The van der Waals surface area contributed by atoms with Crippen LogP contribution in [0.1, 0.15) is 12.8 Å². The topological polar surface area (TPSA) is 70.2 Å². The van der Waals surface area contributed by atoms with Crippen molar-refractivity contribution in [3.8, 4) is 0 Å². The first kappa shape index (κ1) is 8.77. The number of nitrogens with two attached hydrogens (primary N) is 1. The summed E-state index contributed by atoms with van der Waals surface area (Å²) in [5.74, 6) is -0.214. The molecule has 0 aromatic rings. The fraction of sp³-hybridized carbons (Fsp3) is 0.500. The van der Waals surface area contributed by atoms with E-state index in [1.54, 1.807) is 4.90 Å². The molecule has 1 fully saturated rings. The molecule has 1 heterocycles. The van der Waals surface area contributed by atoms with Crippen molar-refractivity contribution in [1.82, 2.24) is 4.90 Å². The molecule has 1 aliphatic rings. The second-order valence-corrected chi connectivity index (χ2v) is 2.77. The molecule has 1 rings (SSSR count). The first-order valence-corrected chi connectivity index (χ1v) is 4.02. The Labute approximate surface area is 71.5 Å². The summed E-state index contributed by atoms with van der Waals surface area (Å²) in [6.45, 7) is 1.55. The van der Waals surface area contributed by atoms with Crippen LogP contribution < -0.4 is 5.73 Å². The van der Waals surface area contributed by atoms with E-state index < -0.39 is 0 Å². The maximum absolute atomic E-state index is 11.3. The summed E-state index contributed by atoms with van der Waals surface area (Å²) in [5.41, 5.74) is 5.05. The van der Waals surface area contributed by atoms with Crippen LogP contribution >= 0.6 is 0 Å². The summed E-state index contributed by atoms with van der Waals surface area (Å²) in [6, 6.07) is 0. The van der Waals surface area contributed by atoms with Gasteiger partial charge in [0.1, 0.15) is 5.71 Å². The van der Waals surface area contributed by atoms with Gasteiger partial charge in [0.05, 0.1) is 0 Å². The lowest BCUT2D eigenvalue weighted by molar-refractivity contribution is -0.123. The third-order valence-corrected chi connectivity index (χ3v) is 1.89. The van der Waals surface area contributed by atoms with Crippen LogP contribution in [0.15, 0.2) is 12.3 Å². The third-order valence-electron chi connectivity index (χ3n) is 1.89. The fourth-order valence-electron chi connectivity index (χ4n) is 1.26. The summed E-state index contributed by atoms with van der Waals surface area (Å²) >= 11 is 0. The van der Waals surface area contributed by atoms with Crippen LogP contribution in [0, 0.1) is 5.41 Å². The van der Waals surface area contributed by atoms with E-state index in [2.05, 4.69) is 0 Å². The second kappa shape index (κ2) is 3.90. The number of rotatable bonds is 2. The zero-order valence-electron chi connectivity index (χ0n) is 6.92. The Balaban J connectivity index is 2.51. The molecule has 0 spiro atoms. The van der Waals surface area contributed by atoms with Crippen molar-refractivity contribution < 1.29 is 4.79 Å². The van der Waals surface area contributed by atoms with Crippen molar-refractivity contribution in [1.29, 1.82) is 5.41 Å². The van der Waals surface area contributed by atoms with Gasteiger partial charge in [0, 0.05) is 13.1 Å². The molecule has 3 N–H and O–H groups in total. The van der Waals surface area contributed by atoms with Gasteiger partial charge in [-0.1, -0.05) is 0 Å². The summed E-state index contributed by atoms with van der Waals surface area (Å²) in [6.07, 6.45) is 4.63. The van der Waals surface area contributed by atoms with Crippen molar-refractivity contribution in [3.63, 3.8) is 0 Å². The van der Waals surface area contributed by atoms with Crippen molar-refractivity contribution in [2.24, 2.45) is 5.73 Å². The largest absolute Gasteiger partial charge is 0.405 e. The lowest BCUT2D eigenvalue weighted by Gasteiger charge is -2.13. The van der Waals surface area contributed by atoms with Crippen LogP contribution in [-0.4, -0.2) is 29.6 Å². The lowest BCUT2D eigenvalue weighted by Crippen LogP contribution is -2.32. The SMILES string of the molecule is N=C(/C=C\N)C(=O)N1CCCC1. The van der Waals surface area contributed by atoms with Crippen LogP contribution in [0.25, 0.3) is 0 Å². The average Bonchev–Trinajstić information content (AvgIpc) is 2.55. The highest BCUT2D eigenvalue weighted by Crippen LogP contribution is 2.07. The Hall–Kier alpha value is -1.32. The molecule has 0 saturated carbocycles. The first-order chi connectivity index (χ1) is 5.75. The fourth-order valence-corrected chi connectivity index (χ4v) is 1.26. The lowest BCUT2D eigenvalue weighted by atomic mass is 10.3. The Kier molecular flexibility index (Phi) is 2.85. The molecule has 1 saturated heterocycles. The van der Waals surface area contributed by atoms with Crippen molar-refractivity contribution in [2.45, 2.75) is 12.8 Å². The zero-order valence-corrected chi connectivity index (χ0v) is 6.92. The third kappa shape index (κ3) is 1.84. The molecule has 0 bridgehead atoms. The number of carbonyl (C=O) groups is 1. The Morgan fingerprint density at radius 1 is 1.42 bits per heavy atom. The van der Waals surface area contributed by atoms with Crippen molar-refractivity contribution in [3.05, 3.63) is 12.3 Å². The van der Waals surface area contributed by atoms with Gasteiger partial charge in [0.2, 0.25) is 0 Å².